The molecule has 6 atom stereocenters. The Hall–Kier alpha value is -3.50. The first-order valence-corrected chi connectivity index (χ1v) is 21.8. The standard InChI is InChI=1S/C41H63N3O6Si/c1-9-11-26-49-40(48)43-36(37(50-51(7)8)31-20-16-13-17-21-31)34(41(4,5)6)28-32(27-30-18-14-12-15-19-30)38(46)42-35(29(3)10-2)39(47)44-24-22-33(45)23-25-44/h12-21,29,32,34-37,51H,9-11,22-28H2,1-8H3,(H,42,46)(H,43,48)/t29-,32+,34+,35-,36+,37?/m0/s1. The lowest BCUT2D eigenvalue weighted by molar-refractivity contribution is -0.141. The van der Waals surface area contributed by atoms with Gasteiger partial charge in [-0.1, -0.05) is 115 Å². The molecule has 2 aromatic rings. The molecule has 3 amide bonds. The number of carbonyl (C=O) groups is 4. The fourth-order valence-corrected chi connectivity index (χ4v) is 7.75. The summed E-state index contributed by atoms with van der Waals surface area (Å²) < 4.78 is 12.4. The van der Waals surface area contributed by atoms with Crippen LogP contribution in [-0.2, 0) is 30.0 Å². The number of hydrogen-bond acceptors (Lipinski definition) is 6. The molecule has 0 aliphatic carbocycles. The summed E-state index contributed by atoms with van der Waals surface area (Å²) >= 11 is 0. The molecule has 1 aliphatic heterocycles. The van der Waals surface area contributed by atoms with E-state index >= 15 is 0 Å². The molecule has 2 aromatic carbocycles. The number of nitrogens with zero attached hydrogens (tertiary/aromatic N) is 1. The molecule has 1 heterocycles. The summed E-state index contributed by atoms with van der Waals surface area (Å²) in [6.07, 6.45) is 2.99. The Kier molecular flexibility index (Phi) is 16.9. The lowest BCUT2D eigenvalue weighted by Crippen LogP contribution is -2.55. The van der Waals surface area contributed by atoms with Crippen LogP contribution < -0.4 is 10.6 Å². The summed E-state index contributed by atoms with van der Waals surface area (Å²) in [5.41, 5.74) is 1.59. The van der Waals surface area contributed by atoms with E-state index in [1.165, 1.54) is 0 Å². The number of piperidine rings is 1. The number of Topliss-reactive ketones (excluding diaryl/α,β-unsaturated/α-hetero) is 1. The minimum atomic E-state index is -1.63. The van der Waals surface area contributed by atoms with Crippen LogP contribution in [0.25, 0.3) is 0 Å². The SMILES string of the molecule is CCCCOC(=O)N[C@@H](C(O[SiH](C)C)c1ccccc1)[C@@H](C[C@@H](Cc1ccccc1)C(=O)N[C@H](C(=O)N1CCC(=O)CC1)[C@@H](C)CC)C(C)(C)C. The number of ether oxygens (including phenoxy) is 1. The van der Waals surface area contributed by atoms with Gasteiger partial charge in [0.1, 0.15) is 11.8 Å². The molecule has 0 radical (unpaired) electrons. The number of nitrogens with one attached hydrogen (secondary N) is 2. The molecule has 1 fully saturated rings. The van der Waals surface area contributed by atoms with Crippen LogP contribution in [0.5, 0.6) is 0 Å². The average molecular weight is 722 g/mol. The number of amides is 3. The molecule has 1 unspecified atom stereocenters. The van der Waals surface area contributed by atoms with Gasteiger partial charge in [0.25, 0.3) is 0 Å². The van der Waals surface area contributed by atoms with Gasteiger partial charge in [-0.3, -0.25) is 14.4 Å². The quantitative estimate of drug-likeness (QED) is 0.124. The number of hydrogen-bond donors (Lipinski definition) is 2. The third-order valence-corrected chi connectivity index (χ3v) is 10.9. The summed E-state index contributed by atoms with van der Waals surface area (Å²) in [7, 11) is -1.63. The van der Waals surface area contributed by atoms with E-state index < -0.39 is 39.2 Å². The number of likely N-dealkylation sites (tertiary alicyclic amines) is 1. The van der Waals surface area contributed by atoms with E-state index in [4.69, 9.17) is 9.16 Å². The van der Waals surface area contributed by atoms with Gasteiger partial charge in [0.05, 0.1) is 18.8 Å². The Morgan fingerprint density at radius 2 is 1.53 bits per heavy atom. The maximum Gasteiger partial charge on any atom is 0.407 e. The summed E-state index contributed by atoms with van der Waals surface area (Å²) in [6, 6.07) is 18.7. The number of ketones is 1. The molecule has 1 saturated heterocycles. The van der Waals surface area contributed by atoms with Crippen molar-refractivity contribution in [2.24, 2.45) is 23.2 Å². The fourth-order valence-electron chi connectivity index (χ4n) is 6.84. The van der Waals surface area contributed by atoms with E-state index in [2.05, 4.69) is 51.4 Å². The van der Waals surface area contributed by atoms with Crippen molar-refractivity contribution in [3.05, 3.63) is 71.8 Å². The molecule has 1 aliphatic rings. The van der Waals surface area contributed by atoms with E-state index in [9.17, 15) is 19.2 Å². The molecule has 0 aromatic heterocycles. The largest absolute Gasteiger partial charge is 0.450 e. The van der Waals surface area contributed by atoms with Crippen molar-refractivity contribution in [1.29, 1.82) is 0 Å². The third-order valence-electron chi connectivity index (χ3n) is 10.1. The zero-order valence-corrected chi connectivity index (χ0v) is 33.4. The van der Waals surface area contributed by atoms with E-state index in [-0.39, 0.29) is 34.8 Å². The van der Waals surface area contributed by atoms with Crippen molar-refractivity contribution in [2.75, 3.05) is 19.7 Å². The zero-order valence-electron chi connectivity index (χ0n) is 32.3. The second-order valence-corrected chi connectivity index (χ2v) is 17.9. The summed E-state index contributed by atoms with van der Waals surface area (Å²) in [4.78, 5) is 55.7. The monoisotopic (exact) mass is 721 g/mol. The second-order valence-electron chi connectivity index (χ2n) is 15.5. The van der Waals surface area contributed by atoms with E-state index in [1.54, 1.807) is 4.90 Å². The van der Waals surface area contributed by atoms with Crippen molar-refractivity contribution < 1.29 is 28.3 Å². The van der Waals surface area contributed by atoms with E-state index in [0.29, 0.717) is 51.8 Å². The molecule has 0 bridgehead atoms. The highest BCUT2D eigenvalue weighted by molar-refractivity contribution is 6.48. The first-order chi connectivity index (χ1) is 24.2. The summed E-state index contributed by atoms with van der Waals surface area (Å²) in [5.74, 6) is -1.03. The van der Waals surface area contributed by atoms with Crippen molar-refractivity contribution >= 4 is 32.7 Å². The number of rotatable bonds is 18. The van der Waals surface area contributed by atoms with Crippen molar-refractivity contribution in [2.45, 2.75) is 118 Å². The molecule has 0 saturated carbocycles. The van der Waals surface area contributed by atoms with Crippen molar-refractivity contribution in [3.8, 4) is 0 Å². The van der Waals surface area contributed by atoms with Crippen molar-refractivity contribution in [3.63, 3.8) is 0 Å². The first-order valence-electron chi connectivity index (χ1n) is 19.0. The smallest absolute Gasteiger partial charge is 0.407 e. The lowest BCUT2D eigenvalue weighted by atomic mass is 9.69. The Balaban J connectivity index is 2.07. The van der Waals surface area contributed by atoms with Crippen LogP contribution in [0.4, 0.5) is 4.79 Å². The normalized spacial score (nSPS) is 17.2. The van der Waals surface area contributed by atoms with Gasteiger partial charge in [-0.15, -0.1) is 0 Å². The molecule has 51 heavy (non-hydrogen) atoms. The highest BCUT2D eigenvalue weighted by atomic mass is 28.3. The van der Waals surface area contributed by atoms with Gasteiger partial charge in [-0.2, -0.15) is 0 Å². The molecule has 0 spiro atoms. The van der Waals surface area contributed by atoms with Crippen LogP contribution in [-0.4, -0.2) is 69.4 Å². The Bertz CT molecular complexity index is 1370. The molecule has 3 rings (SSSR count). The third kappa shape index (κ3) is 13.2. The van der Waals surface area contributed by atoms with E-state index in [0.717, 1.165) is 24.0 Å². The molecule has 9 nitrogen and oxygen atoms in total. The van der Waals surface area contributed by atoms with Crippen LogP contribution in [0.2, 0.25) is 13.1 Å². The molecular formula is C41H63N3O6Si. The number of unbranched alkanes of at least 4 members (excludes halogenated alkanes) is 1. The average Bonchev–Trinajstić information content (AvgIpc) is 3.10. The van der Waals surface area contributed by atoms with Crippen LogP contribution in [0.1, 0.15) is 97.3 Å². The van der Waals surface area contributed by atoms with Gasteiger partial charge in [-0.25, -0.2) is 4.79 Å². The zero-order chi connectivity index (χ0) is 37.6. The first kappa shape index (κ1) is 41.9. The Labute approximate surface area is 308 Å². The van der Waals surface area contributed by atoms with Crippen LogP contribution in [0, 0.1) is 23.2 Å². The number of benzene rings is 2. The highest BCUT2D eigenvalue weighted by Gasteiger charge is 2.43. The fraction of sp³-hybridized carbons (Fsp3) is 0.610. The molecular weight excluding hydrogens is 659 g/mol. The van der Waals surface area contributed by atoms with Crippen LogP contribution in [0.3, 0.4) is 0 Å². The maximum absolute atomic E-state index is 14.6. The Morgan fingerprint density at radius 1 is 0.922 bits per heavy atom. The van der Waals surface area contributed by atoms with Crippen LogP contribution in [0.15, 0.2) is 60.7 Å². The van der Waals surface area contributed by atoms with Crippen LogP contribution >= 0.6 is 0 Å². The highest BCUT2D eigenvalue weighted by Crippen LogP contribution is 2.41. The predicted molar refractivity (Wildman–Crippen MR) is 206 cm³/mol. The van der Waals surface area contributed by atoms with Gasteiger partial charge in [0, 0.05) is 31.8 Å². The predicted octanol–water partition coefficient (Wildman–Crippen LogP) is 7.26. The van der Waals surface area contributed by atoms with Gasteiger partial charge in [-0.05, 0) is 60.7 Å². The molecule has 2 N–H and O–H groups in total. The number of carbonyl (C=O) groups excluding carboxylic acids is 4. The van der Waals surface area contributed by atoms with E-state index in [1.807, 2.05) is 74.5 Å². The minimum Gasteiger partial charge on any atom is -0.450 e. The minimum absolute atomic E-state index is 0.103. The second kappa shape index (κ2) is 20.5. The number of alkyl carbamates (subject to hydrolysis) is 1. The van der Waals surface area contributed by atoms with Gasteiger partial charge in [0.15, 0.2) is 9.04 Å². The van der Waals surface area contributed by atoms with Gasteiger partial charge < -0.3 is 24.7 Å². The topological polar surface area (TPSA) is 114 Å². The molecule has 282 valence electrons. The summed E-state index contributed by atoms with van der Waals surface area (Å²) in [6.45, 7) is 17.8. The molecule has 10 heteroatoms. The maximum atomic E-state index is 14.6. The Morgan fingerprint density at radius 3 is 2.08 bits per heavy atom. The van der Waals surface area contributed by atoms with Crippen molar-refractivity contribution in [1.82, 2.24) is 15.5 Å². The van der Waals surface area contributed by atoms with Gasteiger partial charge >= 0.3 is 6.09 Å². The summed E-state index contributed by atoms with van der Waals surface area (Å²) in [5, 5.41) is 6.45. The lowest BCUT2D eigenvalue weighted by Gasteiger charge is -2.43. The van der Waals surface area contributed by atoms with Gasteiger partial charge in [0.2, 0.25) is 11.8 Å².